The van der Waals surface area contributed by atoms with Gasteiger partial charge < -0.3 is 10.4 Å². The van der Waals surface area contributed by atoms with E-state index in [1.807, 2.05) is 0 Å². The van der Waals surface area contributed by atoms with Crippen LogP contribution in [0.25, 0.3) is 0 Å². The summed E-state index contributed by atoms with van der Waals surface area (Å²) in [5.74, 6) is 0. The van der Waals surface area contributed by atoms with Crippen molar-refractivity contribution in [2.75, 3.05) is 13.2 Å². The number of nitrogens with one attached hydrogen (secondary N) is 1. The van der Waals surface area contributed by atoms with E-state index >= 15 is 0 Å². The molecule has 0 aliphatic carbocycles. The quantitative estimate of drug-likeness (QED) is 0.842. The van der Waals surface area contributed by atoms with Crippen molar-refractivity contribution in [1.82, 2.24) is 5.32 Å². The van der Waals surface area contributed by atoms with Gasteiger partial charge in [0.15, 0.2) is 0 Å². The number of aliphatic hydroxyl groups is 1. The van der Waals surface area contributed by atoms with Gasteiger partial charge in [-0.15, -0.1) is 11.3 Å². The predicted octanol–water partition coefficient (Wildman–Crippen LogP) is 3.57. The van der Waals surface area contributed by atoms with Gasteiger partial charge in [-0.3, -0.25) is 0 Å². The van der Waals surface area contributed by atoms with Crippen molar-refractivity contribution in [2.45, 2.75) is 33.2 Å². The highest BCUT2D eigenvalue weighted by Crippen LogP contribution is 2.29. The average Bonchev–Trinajstić information content (AvgIpc) is 2.61. The largest absolute Gasteiger partial charge is 0.396 e. The molecule has 0 aromatic carbocycles. The molecule has 0 bridgehead atoms. The molecule has 2 N–H and O–H groups in total. The van der Waals surface area contributed by atoms with E-state index in [9.17, 15) is 0 Å². The van der Waals surface area contributed by atoms with Crippen molar-refractivity contribution >= 4 is 27.3 Å². The minimum Gasteiger partial charge on any atom is -0.396 e. The molecular weight excluding hydrogens is 286 g/mol. The maximum Gasteiger partial charge on any atom is 0.0436 e. The second-order valence-corrected chi connectivity index (χ2v) is 6.68. The summed E-state index contributed by atoms with van der Waals surface area (Å²) in [6, 6.07) is 2.43. The molecule has 0 spiro atoms. The third-order valence-electron chi connectivity index (χ3n) is 2.71. The first kappa shape index (κ1) is 14.2. The smallest absolute Gasteiger partial charge is 0.0436 e. The van der Waals surface area contributed by atoms with Gasteiger partial charge in [0.1, 0.15) is 0 Å². The van der Waals surface area contributed by atoms with Crippen LogP contribution in [-0.4, -0.2) is 18.3 Å². The molecule has 4 heteroatoms. The van der Waals surface area contributed by atoms with Crippen molar-refractivity contribution in [3.63, 3.8) is 0 Å². The summed E-state index contributed by atoms with van der Waals surface area (Å²) < 4.78 is 1.18. The topological polar surface area (TPSA) is 32.3 Å². The van der Waals surface area contributed by atoms with E-state index in [1.54, 1.807) is 11.3 Å². The standard InChI is InChI=1S/C12H20BrNOS/c1-9(11-10(13)4-7-16-11)14-8-12(2,3)5-6-15/h4,7,9,14-15H,5-6,8H2,1-3H3. The highest BCUT2D eigenvalue weighted by Gasteiger charge is 2.19. The number of rotatable bonds is 6. The fourth-order valence-electron chi connectivity index (χ4n) is 1.53. The Morgan fingerprint density at radius 1 is 1.56 bits per heavy atom. The summed E-state index contributed by atoms with van der Waals surface area (Å²) in [6.45, 7) is 7.69. The number of halogens is 1. The van der Waals surface area contributed by atoms with Crippen molar-refractivity contribution < 1.29 is 5.11 Å². The lowest BCUT2D eigenvalue weighted by atomic mass is 9.89. The zero-order chi connectivity index (χ0) is 12.2. The summed E-state index contributed by atoms with van der Waals surface area (Å²) >= 11 is 5.31. The minimum absolute atomic E-state index is 0.146. The molecular formula is C12H20BrNOS. The van der Waals surface area contributed by atoms with Gasteiger partial charge in [-0.25, -0.2) is 0 Å². The van der Waals surface area contributed by atoms with Gasteiger partial charge >= 0.3 is 0 Å². The van der Waals surface area contributed by atoms with Crippen LogP contribution in [0.5, 0.6) is 0 Å². The molecule has 0 amide bonds. The van der Waals surface area contributed by atoms with Crippen LogP contribution in [0.3, 0.4) is 0 Å². The molecule has 92 valence electrons. The first-order valence-corrected chi connectivity index (χ1v) is 7.21. The Morgan fingerprint density at radius 2 is 2.25 bits per heavy atom. The van der Waals surface area contributed by atoms with Crippen LogP contribution in [0.2, 0.25) is 0 Å². The van der Waals surface area contributed by atoms with Crippen LogP contribution in [0.1, 0.15) is 38.1 Å². The Hall–Kier alpha value is 0.100. The van der Waals surface area contributed by atoms with Gasteiger partial charge in [0.2, 0.25) is 0 Å². The van der Waals surface area contributed by atoms with Gasteiger partial charge in [0, 0.05) is 28.5 Å². The molecule has 16 heavy (non-hydrogen) atoms. The summed E-state index contributed by atoms with van der Waals surface area (Å²) in [5.41, 5.74) is 0.146. The van der Waals surface area contributed by atoms with Crippen LogP contribution < -0.4 is 5.32 Å². The molecule has 2 nitrogen and oxygen atoms in total. The highest BCUT2D eigenvalue weighted by atomic mass is 79.9. The average molecular weight is 306 g/mol. The van der Waals surface area contributed by atoms with Gasteiger partial charge in [-0.2, -0.15) is 0 Å². The maximum atomic E-state index is 8.96. The van der Waals surface area contributed by atoms with Crippen LogP contribution in [-0.2, 0) is 0 Å². The number of hydrogen-bond donors (Lipinski definition) is 2. The Morgan fingerprint density at radius 3 is 2.75 bits per heavy atom. The molecule has 1 atom stereocenters. The Labute approximate surface area is 110 Å². The van der Waals surface area contributed by atoms with Crippen LogP contribution >= 0.6 is 27.3 Å². The van der Waals surface area contributed by atoms with Gasteiger partial charge in [0.25, 0.3) is 0 Å². The summed E-state index contributed by atoms with van der Waals surface area (Å²) in [7, 11) is 0. The molecule has 1 rings (SSSR count). The number of aliphatic hydroxyl groups excluding tert-OH is 1. The lowest BCUT2D eigenvalue weighted by molar-refractivity contribution is 0.204. The summed E-state index contributed by atoms with van der Waals surface area (Å²) in [4.78, 5) is 1.33. The SMILES string of the molecule is CC(NCC(C)(C)CCO)c1sccc1Br. The van der Waals surface area contributed by atoms with Crippen molar-refractivity contribution in [1.29, 1.82) is 0 Å². The third-order valence-corrected chi connectivity index (χ3v) is 4.77. The molecule has 0 radical (unpaired) electrons. The zero-order valence-electron chi connectivity index (χ0n) is 10.1. The Balaban J connectivity index is 2.47. The monoisotopic (exact) mass is 305 g/mol. The van der Waals surface area contributed by atoms with E-state index in [0.717, 1.165) is 13.0 Å². The van der Waals surface area contributed by atoms with E-state index in [2.05, 4.69) is 53.5 Å². The molecule has 1 aromatic rings. The highest BCUT2D eigenvalue weighted by molar-refractivity contribution is 9.10. The normalized spacial score (nSPS) is 14.1. The van der Waals surface area contributed by atoms with E-state index in [1.165, 1.54) is 9.35 Å². The summed E-state index contributed by atoms with van der Waals surface area (Å²) in [6.07, 6.45) is 0.832. The van der Waals surface area contributed by atoms with Crippen molar-refractivity contribution in [3.05, 3.63) is 20.8 Å². The predicted molar refractivity (Wildman–Crippen MR) is 73.9 cm³/mol. The second-order valence-electron chi connectivity index (χ2n) is 4.87. The van der Waals surface area contributed by atoms with E-state index in [4.69, 9.17) is 5.11 Å². The first-order chi connectivity index (χ1) is 7.46. The van der Waals surface area contributed by atoms with Crippen molar-refractivity contribution in [2.24, 2.45) is 5.41 Å². The number of hydrogen-bond acceptors (Lipinski definition) is 3. The van der Waals surface area contributed by atoms with Crippen LogP contribution in [0, 0.1) is 5.41 Å². The van der Waals surface area contributed by atoms with Gasteiger partial charge in [-0.05, 0) is 46.1 Å². The lowest BCUT2D eigenvalue weighted by Crippen LogP contribution is -2.31. The summed E-state index contributed by atoms with van der Waals surface area (Å²) in [5, 5.41) is 14.6. The van der Waals surface area contributed by atoms with E-state index < -0.39 is 0 Å². The Bertz CT molecular complexity index is 325. The molecule has 0 saturated carbocycles. The van der Waals surface area contributed by atoms with Crippen LogP contribution in [0.4, 0.5) is 0 Å². The van der Waals surface area contributed by atoms with Gasteiger partial charge in [0.05, 0.1) is 0 Å². The molecule has 0 fully saturated rings. The molecule has 1 unspecified atom stereocenters. The molecule has 1 aromatic heterocycles. The number of thiophene rings is 1. The molecule has 0 aliphatic heterocycles. The lowest BCUT2D eigenvalue weighted by Gasteiger charge is -2.26. The van der Waals surface area contributed by atoms with Crippen molar-refractivity contribution in [3.8, 4) is 0 Å². The molecule has 0 saturated heterocycles. The van der Waals surface area contributed by atoms with E-state index in [0.29, 0.717) is 6.04 Å². The fourth-order valence-corrected chi connectivity index (χ4v) is 3.28. The Kier molecular flexibility index (Phi) is 5.44. The fraction of sp³-hybridized carbons (Fsp3) is 0.667. The molecule has 1 heterocycles. The minimum atomic E-state index is 0.146. The zero-order valence-corrected chi connectivity index (χ0v) is 12.5. The maximum absolute atomic E-state index is 8.96. The first-order valence-electron chi connectivity index (χ1n) is 5.53. The van der Waals surface area contributed by atoms with Gasteiger partial charge in [-0.1, -0.05) is 13.8 Å². The third kappa shape index (κ3) is 4.17. The van der Waals surface area contributed by atoms with Crippen LogP contribution in [0.15, 0.2) is 15.9 Å². The van der Waals surface area contributed by atoms with E-state index in [-0.39, 0.29) is 12.0 Å². The second kappa shape index (κ2) is 6.15. The molecule has 0 aliphatic rings.